The van der Waals surface area contributed by atoms with E-state index >= 15 is 0 Å². The molecule has 4 N–H and O–H groups in total. The van der Waals surface area contributed by atoms with Crippen LogP contribution in [0.3, 0.4) is 0 Å². The smallest absolute Gasteiger partial charge is 0.336 e. The zero-order valence-corrected chi connectivity index (χ0v) is 12.4. The third-order valence-corrected chi connectivity index (χ3v) is 1.29. The van der Waals surface area contributed by atoms with E-state index < -0.39 is 36.4 Å². The second kappa shape index (κ2) is 7.82. The molecule has 0 aromatic rings. The fraction of sp³-hybridized carbons (Fsp3) is 0.500. The molecule has 0 heterocycles. The van der Waals surface area contributed by atoms with Crippen molar-refractivity contribution in [2.45, 2.75) is 18.4 Å². The number of hydrogen-bond acceptors (Lipinski definition) is 4. The molecule has 0 aliphatic carbocycles. The minimum absolute atomic E-state index is 0. The van der Waals surface area contributed by atoms with E-state index in [2.05, 4.69) is 0 Å². The largest absolute Gasteiger partial charge is 0.481 e. The van der Waals surface area contributed by atoms with E-state index in [-0.39, 0.29) is 39.7 Å². The number of aliphatic hydroxyl groups is 1. The number of aliphatic carboxylic acids is 3. The molecule has 0 saturated heterocycles. The Balaban J connectivity index is -0.000000720. The first kappa shape index (κ1) is 20.1. The molecule has 0 aromatic heterocycles. The molecule has 0 rings (SSSR count). The van der Waals surface area contributed by atoms with Gasteiger partial charge < -0.3 is 20.4 Å². The first-order valence-electron chi connectivity index (χ1n) is 3.17. The van der Waals surface area contributed by atoms with E-state index in [1.165, 1.54) is 0 Å². The van der Waals surface area contributed by atoms with Crippen molar-refractivity contribution < 1.29 is 62.1 Å². The van der Waals surface area contributed by atoms with Crippen molar-refractivity contribution in [1.29, 1.82) is 0 Å². The summed E-state index contributed by atoms with van der Waals surface area (Å²) >= 11 is 0. The summed E-state index contributed by atoms with van der Waals surface area (Å²) in [5.41, 5.74) is -2.74. The minimum Gasteiger partial charge on any atom is -0.481 e. The Hall–Kier alpha value is -0.418. The van der Waals surface area contributed by atoms with Gasteiger partial charge in [0.1, 0.15) is 0 Å². The second-order valence-corrected chi connectivity index (χ2v) is 2.48. The van der Waals surface area contributed by atoms with E-state index in [1.807, 2.05) is 0 Å². The average molecular weight is 341 g/mol. The molecule has 15 heavy (non-hydrogen) atoms. The van der Waals surface area contributed by atoms with Crippen LogP contribution in [0.25, 0.3) is 0 Å². The van der Waals surface area contributed by atoms with Crippen LogP contribution in [-0.2, 0) is 41.7 Å². The van der Waals surface area contributed by atoms with Gasteiger partial charge in [-0.3, -0.25) is 9.59 Å². The van der Waals surface area contributed by atoms with Gasteiger partial charge in [0.15, 0.2) is 5.60 Å². The van der Waals surface area contributed by atoms with Crippen LogP contribution >= 0.6 is 12.4 Å². The zero-order valence-electron chi connectivity index (χ0n) is 7.54. The van der Waals surface area contributed by atoms with Crippen molar-refractivity contribution in [2.24, 2.45) is 0 Å². The van der Waals surface area contributed by atoms with Crippen molar-refractivity contribution in [3.63, 3.8) is 0 Å². The van der Waals surface area contributed by atoms with E-state index in [4.69, 9.17) is 20.4 Å². The fourth-order valence-corrected chi connectivity index (χ4v) is 0.714. The Morgan fingerprint density at radius 3 is 1.33 bits per heavy atom. The summed E-state index contributed by atoms with van der Waals surface area (Å²) in [6, 6.07) is 0. The molecule has 0 aliphatic rings. The van der Waals surface area contributed by atoms with Crippen LogP contribution in [0.4, 0.5) is 0 Å². The maximum atomic E-state index is 10.3. The molecule has 84 valence electrons. The normalized spacial score (nSPS) is 9.40. The predicted molar refractivity (Wildman–Crippen MR) is 44.3 cm³/mol. The van der Waals surface area contributed by atoms with Crippen molar-refractivity contribution in [2.75, 3.05) is 0 Å². The Kier molecular flexibility index (Phi) is 10.5. The van der Waals surface area contributed by atoms with Crippen LogP contribution in [0.1, 0.15) is 12.8 Å². The molecular weight excluding hydrogens is 332 g/mol. The van der Waals surface area contributed by atoms with Gasteiger partial charge in [-0.25, -0.2) is 4.79 Å². The molecule has 0 unspecified atom stereocenters. The van der Waals surface area contributed by atoms with Crippen molar-refractivity contribution in [3.8, 4) is 0 Å². The maximum absolute atomic E-state index is 10.3. The Bertz CT molecular complexity index is 238. The Labute approximate surface area is 111 Å². The maximum Gasteiger partial charge on any atom is 0.336 e. The number of hydrogen-bond donors (Lipinski definition) is 4. The van der Waals surface area contributed by atoms with Gasteiger partial charge in [-0.05, 0) is 0 Å². The SMILES string of the molecule is Cl.O=C(O)CC(O)(CC(=O)O)C(=O)O.[Cd]. The van der Waals surface area contributed by atoms with Crippen LogP contribution in [0, 0.1) is 0 Å². The first-order chi connectivity index (χ1) is 5.78. The molecule has 0 aromatic carbocycles. The van der Waals surface area contributed by atoms with Crippen LogP contribution in [0.5, 0.6) is 0 Å². The molecule has 9 heteroatoms. The van der Waals surface area contributed by atoms with Gasteiger partial charge in [-0.1, -0.05) is 0 Å². The number of halogens is 1. The Morgan fingerprint density at radius 2 is 1.20 bits per heavy atom. The molecule has 7 nitrogen and oxygen atoms in total. The van der Waals surface area contributed by atoms with Gasteiger partial charge in [-0.2, -0.15) is 0 Å². The summed E-state index contributed by atoms with van der Waals surface area (Å²) in [5, 5.41) is 33.8. The van der Waals surface area contributed by atoms with Crippen LogP contribution in [0.2, 0.25) is 0 Å². The molecule has 0 saturated carbocycles. The van der Waals surface area contributed by atoms with Crippen LogP contribution < -0.4 is 0 Å². The summed E-state index contributed by atoms with van der Waals surface area (Å²) in [6.07, 6.45) is -2.29. The number of rotatable bonds is 5. The fourth-order valence-electron chi connectivity index (χ4n) is 0.714. The van der Waals surface area contributed by atoms with E-state index in [0.717, 1.165) is 0 Å². The zero-order chi connectivity index (χ0) is 10.6. The van der Waals surface area contributed by atoms with Crippen molar-refractivity contribution in [3.05, 3.63) is 0 Å². The van der Waals surface area contributed by atoms with E-state index in [1.54, 1.807) is 0 Å². The molecule has 0 spiro atoms. The first-order valence-corrected chi connectivity index (χ1v) is 3.17. The van der Waals surface area contributed by atoms with Gasteiger partial charge >= 0.3 is 17.9 Å². The van der Waals surface area contributed by atoms with Gasteiger partial charge in [0.25, 0.3) is 0 Å². The van der Waals surface area contributed by atoms with Gasteiger partial charge in [-0.15, -0.1) is 12.4 Å². The summed E-state index contributed by atoms with van der Waals surface area (Å²) < 4.78 is 0. The molecular formula is C6H9CdClO7. The summed E-state index contributed by atoms with van der Waals surface area (Å²) in [7, 11) is 0. The average Bonchev–Trinajstić information content (AvgIpc) is 1.82. The summed E-state index contributed by atoms with van der Waals surface area (Å²) in [4.78, 5) is 30.5. The van der Waals surface area contributed by atoms with E-state index in [9.17, 15) is 14.4 Å². The number of carboxylic acids is 3. The quantitative estimate of drug-likeness (QED) is 0.480. The molecule has 0 fully saturated rings. The van der Waals surface area contributed by atoms with Crippen LogP contribution in [-0.4, -0.2) is 43.9 Å². The van der Waals surface area contributed by atoms with Crippen molar-refractivity contribution >= 4 is 30.3 Å². The van der Waals surface area contributed by atoms with Gasteiger partial charge in [0.05, 0.1) is 12.8 Å². The molecule has 0 amide bonds. The molecule has 0 bridgehead atoms. The van der Waals surface area contributed by atoms with Crippen LogP contribution in [0.15, 0.2) is 0 Å². The number of carbonyl (C=O) groups is 3. The topological polar surface area (TPSA) is 132 Å². The number of carboxylic acid groups (broad SMARTS) is 3. The van der Waals surface area contributed by atoms with Crippen molar-refractivity contribution in [1.82, 2.24) is 0 Å². The van der Waals surface area contributed by atoms with Gasteiger partial charge in [0.2, 0.25) is 0 Å². The minimum atomic E-state index is -2.74. The third-order valence-electron chi connectivity index (χ3n) is 1.29. The summed E-state index contributed by atoms with van der Waals surface area (Å²) in [6.45, 7) is 0. The van der Waals surface area contributed by atoms with E-state index in [0.29, 0.717) is 0 Å². The monoisotopic (exact) mass is 342 g/mol. The van der Waals surface area contributed by atoms with Gasteiger partial charge in [0, 0.05) is 27.3 Å². The second-order valence-electron chi connectivity index (χ2n) is 2.48. The molecule has 0 atom stereocenters. The standard InChI is InChI=1S/C6H8O7.Cd.ClH/c7-3(8)1-6(13,5(11)12)2-4(9)10;;/h13H,1-2H2,(H,7,8)(H,9,10)(H,11,12);;1H. The molecule has 0 radical (unpaired) electrons. The predicted octanol–water partition coefficient (Wildman–Crippen LogP) is -0.829. The molecule has 0 aliphatic heterocycles. The Morgan fingerprint density at radius 1 is 0.933 bits per heavy atom. The summed E-state index contributed by atoms with van der Waals surface area (Å²) in [5.74, 6) is -5.02. The third kappa shape index (κ3) is 7.50.